The highest BCUT2D eigenvalue weighted by Gasteiger charge is 2.10. The molecule has 4 nitrogen and oxygen atoms in total. The fraction of sp³-hybridized carbons (Fsp3) is 0.500. The van der Waals surface area contributed by atoms with Crippen LogP contribution in [0.4, 0.5) is 0 Å². The Hall–Kier alpha value is -1.38. The van der Waals surface area contributed by atoms with Gasteiger partial charge in [0.1, 0.15) is 0 Å². The lowest BCUT2D eigenvalue weighted by Gasteiger charge is -2.14. The Balaban J connectivity index is 2.29. The Bertz CT molecular complexity index is 370. The molecule has 0 aliphatic carbocycles. The highest BCUT2D eigenvalue weighted by molar-refractivity contribution is 7.10. The predicted molar refractivity (Wildman–Crippen MR) is 68.6 cm³/mol. The summed E-state index contributed by atoms with van der Waals surface area (Å²) in [5, 5.41) is 16.3. The second-order valence-corrected chi connectivity index (χ2v) is 4.59. The first-order valence-corrected chi connectivity index (χ1v) is 6.56. The summed E-state index contributed by atoms with van der Waals surface area (Å²) >= 11 is 1.69. The fourth-order valence-electron chi connectivity index (χ4n) is 1.47. The van der Waals surface area contributed by atoms with Crippen LogP contribution in [0.25, 0.3) is 0 Å². The van der Waals surface area contributed by atoms with Crippen LogP contribution in [-0.2, 0) is 4.79 Å². The molecule has 0 spiro atoms. The van der Waals surface area contributed by atoms with Crippen LogP contribution in [-0.4, -0.2) is 19.0 Å². The molecule has 0 aliphatic rings. The molecule has 1 atom stereocenters. The van der Waals surface area contributed by atoms with Crippen LogP contribution >= 0.6 is 11.3 Å². The standard InChI is InChI=1S/C12H17N3OS/c1-2-10(11-5-3-8-17-11)15-9-12(16)14-7-4-6-13/h3,5,8,10,15H,2,4,7,9H2,1H3,(H,14,16). The summed E-state index contributed by atoms with van der Waals surface area (Å²) in [6, 6.07) is 6.30. The SMILES string of the molecule is CCC(NCC(=O)NCCC#N)c1cccs1. The molecule has 1 rings (SSSR count). The van der Waals surface area contributed by atoms with Gasteiger partial charge in [-0.1, -0.05) is 13.0 Å². The molecule has 1 amide bonds. The molecule has 1 unspecified atom stereocenters. The second-order valence-electron chi connectivity index (χ2n) is 3.62. The molecule has 1 aromatic heterocycles. The first kappa shape index (κ1) is 13.7. The number of hydrogen-bond donors (Lipinski definition) is 2. The van der Waals surface area contributed by atoms with E-state index < -0.39 is 0 Å². The van der Waals surface area contributed by atoms with Gasteiger partial charge in [0.15, 0.2) is 0 Å². The molecule has 0 aliphatic heterocycles. The lowest BCUT2D eigenvalue weighted by molar-refractivity contribution is -0.120. The van der Waals surface area contributed by atoms with Crippen molar-refractivity contribution in [1.29, 1.82) is 5.26 Å². The first-order chi connectivity index (χ1) is 8.27. The predicted octanol–water partition coefficient (Wildman–Crippen LogP) is 1.82. The Morgan fingerprint density at radius 2 is 2.47 bits per heavy atom. The second kappa shape index (κ2) is 7.82. The number of nitriles is 1. The summed E-state index contributed by atoms with van der Waals surface area (Å²) in [4.78, 5) is 12.7. The molecule has 1 aromatic rings. The number of nitrogens with one attached hydrogen (secondary N) is 2. The molecule has 1 heterocycles. The van der Waals surface area contributed by atoms with Crippen molar-refractivity contribution >= 4 is 17.2 Å². The van der Waals surface area contributed by atoms with E-state index in [9.17, 15) is 4.79 Å². The summed E-state index contributed by atoms with van der Waals surface area (Å²) in [6.07, 6.45) is 1.31. The van der Waals surface area contributed by atoms with Gasteiger partial charge in [-0.25, -0.2) is 0 Å². The minimum atomic E-state index is -0.0599. The number of hydrogen-bond acceptors (Lipinski definition) is 4. The molecule has 2 N–H and O–H groups in total. The summed E-state index contributed by atoms with van der Waals surface area (Å²) in [7, 11) is 0. The molecule has 0 bridgehead atoms. The van der Waals surface area contributed by atoms with E-state index in [0.29, 0.717) is 19.5 Å². The van der Waals surface area contributed by atoms with Crippen LogP contribution in [0.2, 0.25) is 0 Å². The molecule has 0 fully saturated rings. The van der Waals surface area contributed by atoms with E-state index in [-0.39, 0.29) is 11.9 Å². The Morgan fingerprint density at radius 3 is 3.06 bits per heavy atom. The van der Waals surface area contributed by atoms with Crippen LogP contribution in [0.15, 0.2) is 17.5 Å². The van der Waals surface area contributed by atoms with Crippen LogP contribution in [0, 0.1) is 11.3 Å². The number of carbonyl (C=O) groups is 1. The lowest BCUT2D eigenvalue weighted by atomic mass is 10.2. The fourth-order valence-corrected chi connectivity index (χ4v) is 2.36. The Labute approximate surface area is 106 Å². The van der Waals surface area contributed by atoms with Gasteiger partial charge in [-0.3, -0.25) is 4.79 Å². The van der Waals surface area contributed by atoms with E-state index in [1.165, 1.54) is 4.88 Å². The largest absolute Gasteiger partial charge is 0.354 e. The van der Waals surface area contributed by atoms with E-state index in [4.69, 9.17) is 5.26 Å². The molecule has 0 aromatic carbocycles. The molecular formula is C12H17N3OS. The van der Waals surface area contributed by atoms with Gasteiger partial charge in [0.2, 0.25) is 5.91 Å². The van der Waals surface area contributed by atoms with Crippen LogP contribution < -0.4 is 10.6 Å². The molecule has 0 saturated heterocycles. The van der Waals surface area contributed by atoms with Gasteiger partial charge < -0.3 is 10.6 Å². The quantitative estimate of drug-likeness (QED) is 0.726. The van der Waals surface area contributed by atoms with E-state index in [1.54, 1.807) is 11.3 Å². The van der Waals surface area contributed by atoms with Crippen molar-refractivity contribution < 1.29 is 4.79 Å². The van der Waals surface area contributed by atoms with Crippen molar-refractivity contribution in [3.05, 3.63) is 22.4 Å². The third-order valence-electron chi connectivity index (χ3n) is 2.36. The zero-order valence-corrected chi connectivity index (χ0v) is 10.7. The minimum absolute atomic E-state index is 0.0599. The van der Waals surface area contributed by atoms with Gasteiger partial charge in [-0.15, -0.1) is 11.3 Å². The van der Waals surface area contributed by atoms with Crippen molar-refractivity contribution in [3.8, 4) is 6.07 Å². The van der Waals surface area contributed by atoms with Crippen molar-refractivity contribution in [2.75, 3.05) is 13.1 Å². The molecule has 17 heavy (non-hydrogen) atoms. The van der Waals surface area contributed by atoms with E-state index >= 15 is 0 Å². The number of carbonyl (C=O) groups excluding carboxylic acids is 1. The minimum Gasteiger partial charge on any atom is -0.354 e. The zero-order valence-electron chi connectivity index (χ0n) is 9.90. The third-order valence-corrected chi connectivity index (χ3v) is 3.35. The van der Waals surface area contributed by atoms with E-state index in [0.717, 1.165) is 6.42 Å². The average molecular weight is 251 g/mol. The Kier molecular flexibility index (Phi) is 6.30. The maximum Gasteiger partial charge on any atom is 0.234 e. The van der Waals surface area contributed by atoms with Crippen molar-refractivity contribution in [2.45, 2.75) is 25.8 Å². The number of nitrogens with zero attached hydrogens (tertiary/aromatic N) is 1. The Morgan fingerprint density at radius 1 is 1.65 bits per heavy atom. The van der Waals surface area contributed by atoms with Crippen molar-refractivity contribution in [2.24, 2.45) is 0 Å². The third kappa shape index (κ3) is 4.98. The summed E-state index contributed by atoms with van der Waals surface area (Å²) in [6.45, 7) is 2.81. The maximum atomic E-state index is 11.4. The molecule has 0 saturated carbocycles. The summed E-state index contributed by atoms with van der Waals surface area (Å²) < 4.78 is 0. The molecule has 5 heteroatoms. The number of amides is 1. The summed E-state index contributed by atoms with van der Waals surface area (Å²) in [5.41, 5.74) is 0. The monoisotopic (exact) mass is 251 g/mol. The summed E-state index contributed by atoms with van der Waals surface area (Å²) in [5.74, 6) is -0.0599. The van der Waals surface area contributed by atoms with Gasteiger partial charge >= 0.3 is 0 Å². The van der Waals surface area contributed by atoms with Crippen molar-refractivity contribution in [3.63, 3.8) is 0 Å². The smallest absolute Gasteiger partial charge is 0.234 e. The number of thiophene rings is 1. The van der Waals surface area contributed by atoms with Gasteiger partial charge in [0.25, 0.3) is 0 Å². The highest BCUT2D eigenvalue weighted by Crippen LogP contribution is 2.21. The van der Waals surface area contributed by atoms with E-state index in [2.05, 4.69) is 23.6 Å². The molecular weight excluding hydrogens is 234 g/mol. The zero-order chi connectivity index (χ0) is 12.5. The van der Waals surface area contributed by atoms with Crippen LogP contribution in [0.3, 0.4) is 0 Å². The van der Waals surface area contributed by atoms with Crippen molar-refractivity contribution in [1.82, 2.24) is 10.6 Å². The van der Waals surface area contributed by atoms with Gasteiger partial charge in [-0.05, 0) is 17.9 Å². The van der Waals surface area contributed by atoms with Gasteiger partial charge in [0, 0.05) is 17.5 Å². The van der Waals surface area contributed by atoms with Gasteiger partial charge in [0.05, 0.1) is 19.0 Å². The van der Waals surface area contributed by atoms with E-state index in [1.807, 2.05) is 17.5 Å². The normalized spacial score (nSPS) is 11.8. The first-order valence-electron chi connectivity index (χ1n) is 5.68. The van der Waals surface area contributed by atoms with Crippen LogP contribution in [0.1, 0.15) is 30.7 Å². The lowest BCUT2D eigenvalue weighted by Crippen LogP contribution is -2.35. The average Bonchev–Trinajstić information content (AvgIpc) is 2.84. The highest BCUT2D eigenvalue weighted by atomic mass is 32.1. The van der Waals surface area contributed by atoms with Crippen LogP contribution in [0.5, 0.6) is 0 Å². The number of rotatable bonds is 7. The molecule has 92 valence electrons. The topological polar surface area (TPSA) is 64.9 Å². The van der Waals surface area contributed by atoms with Gasteiger partial charge in [-0.2, -0.15) is 5.26 Å². The molecule has 0 radical (unpaired) electrons. The maximum absolute atomic E-state index is 11.4.